The molecule has 0 aliphatic heterocycles. The molecule has 0 radical (unpaired) electrons. The maximum absolute atomic E-state index is 6.17. The van der Waals surface area contributed by atoms with E-state index >= 15 is 0 Å². The molecule has 0 saturated carbocycles. The second-order valence-electron chi connectivity index (χ2n) is 4.54. The van der Waals surface area contributed by atoms with Crippen molar-refractivity contribution in [3.63, 3.8) is 0 Å². The lowest BCUT2D eigenvalue weighted by molar-refractivity contribution is 0.782. The van der Waals surface area contributed by atoms with Crippen LogP contribution in [0.4, 0.5) is 0 Å². The van der Waals surface area contributed by atoms with E-state index in [0.717, 1.165) is 16.9 Å². The minimum absolute atomic E-state index is 0.461. The summed E-state index contributed by atoms with van der Waals surface area (Å²) in [5.74, 6) is 1.40. The minimum Gasteiger partial charge on any atom is -0.250 e. The van der Waals surface area contributed by atoms with Crippen LogP contribution < -0.4 is 0 Å². The fourth-order valence-electron chi connectivity index (χ4n) is 1.95. The van der Waals surface area contributed by atoms with E-state index in [0.29, 0.717) is 10.9 Å². The van der Waals surface area contributed by atoms with Crippen molar-refractivity contribution in [1.82, 2.24) is 19.7 Å². The van der Waals surface area contributed by atoms with Crippen molar-refractivity contribution in [2.75, 3.05) is 0 Å². The monoisotopic (exact) mass is 304 g/mol. The standard InChI is InChI=1S/C14H13ClN4S/c1-9-4-3-5-10(6-9)20-8-12-17-13(15)11-7-16-19(2)14(11)18-12/h3-7H,8H2,1-2H3. The topological polar surface area (TPSA) is 43.6 Å². The van der Waals surface area contributed by atoms with Gasteiger partial charge in [-0.15, -0.1) is 11.8 Å². The van der Waals surface area contributed by atoms with Gasteiger partial charge in [0.2, 0.25) is 0 Å². The molecule has 0 spiro atoms. The first kappa shape index (κ1) is 13.4. The van der Waals surface area contributed by atoms with E-state index in [1.807, 2.05) is 7.05 Å². The summed E-state index contributed by atoms with van der Waals surface area (Å²) < 4.78 is 1.71. The lowest BCUT2D eigenvalue weighted by Gasteiger charge is -2.03. The van der Waals surface area contributed by atoms with E-state index in [9.17, 15) is 0 Å². The summed E-state index contributed by atoms with van der Waals surface area (Å²) in [6.07, 6.45) is 1.69. The summed E-state index contributed by atoms with van der Waals surface area (Å²) >= 11 is 7.87. The zero-order valence-electron chi connectivity index (χ0n) is 11.2. The van der Waals surface area contributed by atoms with Crippen LogP contribution in [0.25, 0.3) is 11.0 Å². The Balaban J connectivity index is 1.86. The molecule has 0 bridgehead atoms. The van der Waals surface area contributed by atoms with Crippen LogP contribution in [0.2, 0.25) is 5.15 Å². The van der Waals surface area contributed by atoms with Gasteiger partial charge in [0, 0.05) is 11.9 Å². The summed E-state index contributed by atoms with van der Waals surface area (Å²) in [6.45, 7) is 2.08. The Morgan fingerprint density at radius 2 is 2.15 bits per heavy atom. The van der Waals surface area contributed by atoms with Crippen molar-refractivity contribution in [2.45, 2.75) is 17.6 Å². The highest BCUT2D eigenvalue weighted by molar-refractivity contribution is 7.98. The van der Waals surface area contributed by atoms with Gasteiger partial charge in [0.25, 0.3) is 0 Å². The normalized spacial score (nSPS) is 11.2. The second kappa shape index (κ2) is 5.42. The first-order valence-electron chi connectivity index (χ1n) is 6.17. The SMILES string of the molecule is Cc1cccc(SCc2nc(Cl)c3cnn(C)c3n2)c1. The molecule has 0 amide bonds. The molecule has 2 heterocycles. The van der Waals surface area contributed by atoms with E-state index in [-0.39, 0.29) is 0 Å². The molecule has 102 valence electrons. The Morgan fingerprint density at radius 3 is 2.95 bits per heavy atom. The van der Waals surface area contributed by atoms with Crippen molar-refractivity contribution in [2.24, 2.45) is 7.05 Å². The fourth-order valence-corrected chi connectivity index (χ4v) is 3.05. The number of fused-ring (bicyclic) bond motifs is 1. The van der Waals surface area contributed by atoms with Crippen molar-refractivity contribution in [3.8, 4) is 0 Å². The van der Waals surface area contributed by atoms with E-state index in [4.69, 9.17) is 11.6 Å². The van der Waals surface area contributed by atoms with Gasteiger partial charge < -0.3 is 0 Å². The molecule has 3 aromatic rings. The number of hydrogen-bond acceptors (Lipinski definition) is 4. The average Bonchev–Trinajstić information content (AvgIpc) is 2.79. The summed E-state index contributed by atoms with van der Waals surface area (Å²) in [4.78, 5) is 10.1. The van der Waals surface area contributed by atoms with E-state index in [1.54, 1.807) is 22.6 Å². The van der Waals surface area contributed by atoms with Gasteiger partial charge >= 0.3 is 0 Å². The van der Waals surface area contributed by atoms with Gasteiger partial charge in [-0.3, -0.25) is 4.68 Å². The Bertz CT molecular complexity index is 769. The lowest BCUT2D eigenvalue weighted by atomic mass is 10.2. The van der Waals surface area contributed by atoms with Crippen LogP contribution >= 0.6 is 23.4 Å². The molecule has 0 aliphatic rings. The highest BCUT2D eigenvalue weighted by Gasteiger charge is 2.10. The first-order chi connectivity index (χ1) is 9.63. The average molecular weight is 305 g/mol. The molecule has 0 unspecified atom stereocenters. The molecule has 0 atom stereocenters. The van der Waals surface area contributed by atoms with Crippen LogP contribution in [0, 0.1) is 6.92 Å². The van der Waals surface area contributed by atoms with Crippen LogP contribution in [-0.4, -0.2) is 19.7 Å². The third-order valence-corrected chi connectivity index (χ3v) is 4.23. The van der Waals surface area contributed by atoms with Crippen LogP contribution in [0.3, 0.4) is 0 Å². The Hall–Kier alpha value is -1.59. The number of hydrogen-bond donors (Lipinski definition) is 0. The maximum Gasteiger partial charge on any atom is 0.162 e. The number of nitrogens with zero attached hydrogens (tertiary/aromatic N) is 4. The van der Waals surface area contributed by atoms with Crippen LogP contribution in [0.5, 0.6) is 0 Å². The van der Waals surface area contributed by atoms with Crippen LogP contribution in [0.1, 0.15) is 11.4 Å². The van der Waals surface area contributed by atoms with E-state index in [1.165, 1.54) is 10.5 Å². The molecule has 0 aliphatic carbocycles. The first-order valence-corrected chi connectivity index (χ1v) is 7.53. The van der Waals surface area contributed by atoms with Crippen molar-refractivity contribution in [3.05, 3.63) is 47.0 Å². The number of thioether (sulfide) groups is 1. The van der Waals surface area contributed by atoms with Crippen molar-refractivity contribution >= 4 is 34.4 Å². The minimum atomic E-state index is 0.461. The van der Waals surface area contributed by atoms with Crippen molar-refractivity contribution < 1.29 is 0 Å². The second-order valence-corrected chi connectivity index (χ2v) is 5.95. The Labute approximate surface area is 126 Å². The predicted molar refractivity (Wildman–Crippen MR) is 82.1 cm³/mol. The largest absolute Gasteiger partial charge is 0.250 e. The zero-order valence-corrected chi connectivity index (χ0v) is 12.7. The highest BCUT2D eigenvalue weighted by atomic mass is 35.5. The maximum atomic E-state index is 6.17. The summed E-state index contributed by atoms with van der Waals surface area (Å²) in [5.41, 5.74) is 2.01. The molecule has 0 fully saturated rings. The molecule has 1 aromatic carbocycles. The Morgan fingerprint density at radius 1 is 1.30 bits per heavy atom. The van der Waals surface area contributed by atoms with Gasteiger partial charge in [0.15, 0.2) is 5.65 Å². The number of rotatable bonds is 3. The van der Waals surface area contributed by atoms with Crippen LogP contribution in [0.15, 0.2) is 35.4 Å². The lowest BCUT2D eigenvalue weighted by Crippen LogP contribution is -1.98. The molecule has 0 N–H and O–H groups in total. The van der Waals surface area contributed by atoms with Gasteiger partial charge in [-0.05, 0) is 19.1 Å². The summed E-state index contributed by atoms with van der Waals surface area (Å²) in [5, 5.41) is 5.40. The Kier molecular flexibility index (Phi) is 3.63. The number of aryl methyl sites for hydroxylation is 2. The van der Waals surface area contributed by atoms with Crippen LogP contribution in [-0.2, 0) is 12.8 Å². The number of aromatic nitrogens is 4. The number of halogens is 1. The molecule has 6 heteroatoms. The molecule has 0 saturated heterocycles. The molecule has 2 aromatic heterocycles. The molecular formula is C14H13ClN4S. The van der Waals surface area contributed by atoms with Gasteiger partial charge in [0.05, 0.1) is 17.3 Å². The molecule has 20 heavy (non-hydrogen) atoms. The van der Waals surface area contributed by atoms with Gasteiger partial charge in [0.1, 0.15) is 11.0 Å². The zero-order chi connectivity index (χ0) is 14.1. The molecule has 3 rings (SSSR count). The molecular weight excluding hydrogens is 292 g/mol. The third kappa shape index (κ3) is 2.64. The highest BCUT2D eigenvalue weighted by Crippen LogP contribution is 2.25. The fraction of sp³-hybridized carbons (Fsp3) is 0.214. The number of benzene rings is 1. The van der Waals surface area contributed by atoms with E-state index in [2.05, 4.69) is 46.3 Å². The summed E-state index contributed by atoms with van der Waals surface area (Å²) in [6, 6.07) is 8.37. The van der Waals surface area contributed by atoms with E-state index < -0.39 is 0 Å². The van der Waals surface area contributed by atoms with Gasteiger partial charge in [-0.2, -0.15) is 5.10 Å². The quantitative estimate of drug-likeness (QED) is 0.547. The summed E-state index contributed by atoms with van der Waals surface area (Å²) in [7, 11) is 1.85. The van der Waals surface area contributed by atoms with Gasteiger partial charge in [-0.1, -0.05) is 29.3 Å². The third-order valence-electron chi connectivity index (χ3n) is 2.95. The molecule has 4 nitrogen and oxygen atoms in total. The predicted octanol–water partition coefficient (Wildman–Crippen LogP) is 3.62. The van der Waals surface area contributed by atoms with Crippen molar-refractivity contribution in [1.29, 1.82) is 0 Å². The smallest absolute Gasteiger partial charge is 0.162 e. The van der Waals surface area contributed by atoms with Gasteiger partial charge in [-0.25, -0.2) is 9.97 Å².